The number of nitrogens with one attached hydrogen (secondary N) is 1. The maximum atomic E-state index is 12.6. The van der Waals surface area contributed by atoms with Gasteiger partial charge < -0.3 is 10.1 Å². The van der Waals surface area contributed by atoms with Crippen molar-refractivity contribution in [3.8, 4) is 0 Å². The number of methoxy groups -OCH3 is 1. The van der Waals surface area contributed by atoms with E-state index in [0.717, 1.165) is 4.40 Å². The van der Waals surface area contributed by atoms with Crippen molar-refractivity contribution in [1.29, 1.82) is 0 Å². The zero-order chi connectivity index (χ0) is 18.8. The Morgan fingerprint density at radius 1 is 1.15 bits per heavy atom. The Labute approximate surface area is 157 Å². The number of rotatable bonds is 3. The van der Waals surface area contributed by atoms with Gasteiger partial charge in [-0.05, 0) is 24.3 Å². The van der Waals surface area contributed by atoms with Gasteiger partial charge in [-0.2, -0.15) is 0 Å². The van der Waals surface area contributed by atoms with Crippen molar-refractivity contribution in [2.75, 3.05) is 12.4 Å². The van der Waals surface area contributed by atoms with Gasteiger partial charge in [0, 0.05) is 6.20 Å². The van der Waals surface area contributed by atoms with Crippen molar-refractivity contribution in [1.82, 2.24) is 9.38 Å². The lowest BCUT2D eigenvalue weighted by Gasteiger charge is -2.09. The minimum atomic E-state index is -0.649. The van der Waals surface area contributed by atoms with Crippen LogP contribution in [0.3, 0.4) is 0 Å². The molecule has 26 heavy (non-hydrogen) atoms. The summed E-state index contributed by atoms with van der Waals surface area (Å²) >= 11 is 12.0. The fourth-order valence-corrected chi connectivity index (χ4v) is 2.87. The predicted octanol–water partition coefficient (Wildman–Crippen LogP) is 3.04. The second-order valence-corrected chi connectivity index (χ2v) is 5.98. The quantitative estimate of drug-likeness (QED) is 0.692. The van der Waals surface area contributed by atoms with Gasteiger partial charge >= 0.3 is 5.97 Å². The number of amides is 1. The highest BCUT2D eigenvalue weighted by molar-refractivity contribution is 6.40. The van der Waals surface area contributed by atoms with Crippen LogP contribution in [-0.4, -0.2) is 28.4 Å². The van der Waals surface area contributed by atoms with Crippen LogP contribution in [-0.2, 0) is 4.74 Å². The molecule has 7 nitrogen and oxygen atoms in total. The average Bonchev–Trinajstić information content (AvgIpc) is 2.63. The monoisotopic (exact) mass is 391 g/mol. The summed E-state index contributed by atoms with van der Waals surface area (Å²) in [4.78, 5) is 40.8. The number of benzene rings is 1. The second-order valence-electron chi connectivity index (χ2n) is 5.17. The van der Waals surface area contributed by atoms with E-state index in [2.05, 4.69) is 15.0 Å². The summed E-state index contributed by atoms with van der Waals surface area (Å²) in [5.41, 5.74) is -0.149. The number of halogens is 2. The lowest BCUT2D eigenvalue weighted by molar-refractivity contribution is 0.0600. The molecular weight excluding hydrogens is 381 g/mol. The maximum Gasteiger partial charge on any atom is 0.339 e. The first kappa shape index (κ1) is 17.9. The number of ether oxygens (including phenoxy) is 1. The molecule has 1 aromatic carbocycles. The number of carbonyl (C=O) groups excluding carboxylic acids is 2. The second kappa shape index (κ2) is 7.15. The molecule has 0 atom stereocenters. The summed E-state index contributed by atoms with van der Waals surface area (Å²) in [5, 5.41) is 2.74. The number of anilines is 1. The van der Waals surface area contributed by atoms with E-state index >= 15 is 0 Å². The van der Waals surface area contributed by atoms with Gasteiger partial charge in [-0.15, -0.1) is 0 Å². The Hall–Kier alpha value is -2.90. The molecule has 132 valence electrons. The highest BCUT2D eigenvalue weighted by atomic mass is 35.5. The smallest absolute Gasteiger partial charge is 0.339 e. The van der Waals surface area contributed by atoms with E-state index in [1.54, 1.807) is 6.07 Å². The third kappa shape index (κ3) is 3.26. The number of aromatic nitrogens is 2. The number of pyridine rings is 1. The molecular formula is C17H11Cl2N3O4. The molecule has 2 aromatic heterocycles. The molecule has 0 unspecified atom stereocenters. The molecule has 9 heteroatoms. The molecule has 0 radical (unpaired) electrons. The number of carbonyl (C=O) groups is 2. The zero-order valence-electron chi connectivity index (χ0n) is 13.3. The van der Waals surface area contributed by atoms with Crippen LogP contribution in [0.5, 0.6) is 0 Å². The molecule has 2 heterocycles. The molecule has 0 aliphatic carbocycles. The topological polar surface area (TPSA) is 89.8 Å². The Balaban J connectivity index is 2.03. The summed E-state index contributed by atoms with van der Waals surface area (Å²) in [6.07, 6.45) is 2.51. The fraction of sp³-hybridized carbons (Fsp3) is 0.0588. The first-order chi connectivity index (χ1) is 12.4. The van der Waals surface area contributed by atoms with Crippen molar-refractivity contribution in [2.24, 2.45) is 0 Å². The van der Waals surface area contributed by atoms with Crippen LogP contribution in [0.25, 0.3) is 5.65 Å². The normalized spacial score (nSPS) is 10.6. The number of hydrogen-bond donors (Lipinski definition) is 1. The van der Waals surface area contributed by atoms with Crippen LogP contribution in [0.2, 0.25) is 10.0 Å². The van der Waals surface area contributed by atoms with Crippen LogP contribution in [0.15, 0.2) is 47.5 Å². The molecule has 0 fully saturated rings. The van der Waals surface area contributed by atoms with Crippen LogP contribution >= 0.6 is 23.2 Å². The van der Waals surface area contributed by atoms with Crippen molar-refractivity contribution in [2.45, 2.75) is 0 Å². The minimum Gasteiger partial charge on any atom is -0.465 e. The number of fused-ring (bicyclic) bond motifs is 1. The molecule has 0 spiro atoms. The lowest BCUT2D eigenvalue weighted by Crippen LogP contribution is -2.24. The first-order valence-electron chi connectivity index (χ1n) is 7.27. The van der Waals surface area contributed by atoms with E-state index in [4.69, 9.17) is 23.2 Å². The third-order valence-corrected chi connectivity index (χ3v) is 4.19. The number of nitrogens with zero attached hydrogens (tertiary/aromatic N) is 2. The largest absolute Gasteiger partial charge is 0.465 e. The fourth-order valence-electron chi connectivity index (χ4n) is 2.30. The Morgan fingerprint density at radius 2 is 1.85 bits per heavy atom. The average molecular weight is 392 g/mol. The standard InChI is InChI=1S/C17H11Cl2N3O4/c1-26-17(25)9-5-6-13-20-7-12(16(24)22(13)8-9)21-15(23)14-10(18)3-2-4-11(14)19/h2-8H,1H3,(H,21,23). The van der Waals surface area contributed by atoms with Crippen molar-refractivity contribution >= 4 is 46.4 Å². The molecule has 3 aromatic rings. The van der Waals surface area contributed by atoms with Crippen LogP contribution in [0.4, 0.5) is 5.69 Å². The van der Waals surface area contributed by atoms with E-state index in [1.807, 2.05) is 0 Å². The number of esters is 1. The van der Waals surface area contributed by atoms with Gasteiger partial charge in [-0.1, -0.05) is 29.3 Å². The molecule has 0 saturated carbocycles. The highest BCUT2D eigenvalue weighted by Crippen LogP contribution is 2.24. The molecule has 1 N–H and O–H groups in total. The Morgan fingerprint density at radius 3 is 2.50 bits per heavy atom. The molecule has 1 amide bonds. The summed E-state index contributed by atoms with van der Waals surface area (Å²) < 4.78 is 5.77. The van der Waals surface area contributed by atoms with Crippen molar-refractivity contribution in [3.63, 3.8) is 0 Å². The van der Waals surface area contributed by atoms with Crippen LogP contribution < -0.4 is 10.9 Å². The zero-order valence-corrected chi connectivity index (χ0v) is 14.8. The van der Waals surface area contributed by atoms with Gasteiger partial charge in [-0.3, -0.25) is 14.0 Å². The lowest BCUT2D eigenvalue weighted by atomic mass is 10.2. The van der Waals surface area contributed by atoms with Gasteiger partial charge in [-0.25, -0.2) is 9.78 Å². The minimum absolute atomic E-state index is 0.0450. The molecule has 0 aliphatic heterocycles. The van der Waals surface area contributed by atoms with Gasteiger partial charge in [0.25, 0.3) is 11.5 Å². The molecule has 0 bridgehead atoms. The molecule has 0 aliphatic rings. The number of hydrogen-bond acceptors (Lipinski definition) is 5. The molecule has 3 rings (SSSR count). The van der Waals surface area contributed by atoms with E-state index in [0.29, 0.717) is 5.65 Å². The third-order valence-electron chi connectivity index (χ3n) is 3.56. The summed E-state index contributed by atoms with van der Waals surface area (Å²) in [6.45, 7) is 0. The Bertz CT molecular complexity index is 1070. The predicted molar refractivity (Wildman–Crippen MR) is 97.2 cm³/mol. The van der Waals surface area contributed by atoms with Crippen LogP contribution in [0.1, 0.15) is 20.7 Å². The summed E-state index contributed by atoms with van der Waals surface area (Å²) in [7, 11) is 1.23. The molecule has 0 saturated heterocycles. The van der Waals surface area contributed by atoms with Crippen molar-refractivity contribution < 1.29 is 14.3 Å². The maximum absolute atomic E-state index is 12.6. The van der Waals surface area contributed by atoms with E-state index in [-0.39, 0.29) is 26.9 Å². The van der Waals surface area contributed by atoms with E-state index in [1.165, 1.54) is 43.8 Å². The highest BCUT2D eigenvalue weighted by Gasteiger charge is 2.17. The van der Waals surface area contributed by atoms with Gasteiger partial charge in [0.1, 0.15) is 11.3 Å². The summed E-state index contributed by atoms with van der Waals surface area (Å²) in [5.74, 6) is -1.25. The van der Waals surface area contributed by atoms with Gasteiger partial charge in [0.2, 0.25) is 0 Å². The SMILES string of the molecule is COC(=O)c1ccc2ncc(NC(=O)c3c(Cl)cccc3Cl)c(=O)n2c1. The van der Waals surface area contributed by atoms with Crippen LogP contribution in [0, 0.1) is 0 Å². The van der Waals surface area contributed by atoms with E-state index in [9.17, 15) is 14.4 Å². The first-order valence-corrected chi connectivity index (χ1v) is 8.03. The van der Waals surface area contributed by atoms with Gasteiger partial charge in [0.05, 0.1) is 34.5 Å². The van der Waals surface area contributed by atoms with E-state index < -0.39 is 17.4 Å². The van der Waals surface area contributed by atoms with Crippen molar-refractivity contribution in [3.05, 3.63) is 74.3 Å². The summed E-state index contributed by atoms with van der Waals surface area (Å²) in [6, 6.07) is 7.59. The van der Waals surface area contributed by atoms with Gasteiger partial charge in [0.15, 0.2) is 0 Å². The Kier molecular flexibility index (Phi) is 4.92.